The van der Waals surface area contributed by atoms with Gasteiger partial charge in [0.05, 0.1) is 12.5 Å². The van der Waals surface area contributed by atoms with Gasteiger partial charge < -0.3 is 5.32 Å². The van der Waals surface area contributed by atoms with E-state index in [1.165, 1.54) is 0 Å². The summed E-state index contributed by atoms with van der Waals surface area (Å²) in [5.74, 6) is 0. The van der Waals surface area contributed by atoms with Crippen molar-refractivity contribution >= 4 is 0 Å². The second kappa shape index (κ2) is 3.63. The third-order valence-corrected chi connectivity index (χ3v) is 0.890. The van der Waals surface area contributed by atoms with Gasteiger partial charge in [-0.25, -0.2) is 0 Å². The van der Waals surface area contributed by atoms with E-state index in [1.807, 2.05) is 14.0 Å². The van der Waals surface area contributed by atoms with Gasteiger partial charge in [0.25, 0.3) is 0 Å². The van der Waals surface area contributed by atoms with Crippen LogP contribution >= 0.6 is 0 Å². The smallest absolute Gasteiger partial charge is 0.0638 e. The molecule has 40 valence electrons. The van der Waals surface area contributed by atoms with Crippen LogP contribution in [0.4, 0.5) is 0 Å². The minimum Gasteiger partial charge on any atom is -0.316 e. The first-order valence-corrected chi connectivity index (χ1v) is 2.35. The van der Waals surface area contributed by atoms with E-state index in [0.717, 1.165) is 0 Å². The average molecular weight is 98.1 g/mol. The van der Waals surface area contributed by atoms with Gasteiger partial charge in [-0.1, -0.05) is 0 Å². The molecular weight excluding hydrogens is 88.1 g/mol. The molecule has 0 amide bonds. The molecule has 0 rings (SSSR count). The number of nitriles is 1. The van der Waals surface area contributed by atoms with E-state index < -0.39 is 0 Å². The van der Waals surface area contributed by atoms with Gasteiger partial charge in [0.15, 0.2) is 0 Å². The number of hydrogen-bond acceptors (Lipinski definition) is 2. The van der Waals surface area contributed by atoms with Gasteiger partial charge in [0.2, 0.25) is 0 Å². The molecule has 0 spiro atoms. The Morgan fingerprint density at radius 3 is 2.57 bits per heavy atom. The Bertz CT molecular complexity index is 72.6. The molecule has 0 aliphatic rings. The minimum absolute atomic E-state index is 0.338. The zero-order valence-corrected chi connectivity index (χ0v) is 4.73. The van der Waals surface area contributed by atoms with Gasteiger partial charge in [-0.05, 0) is 14.0 Å². The van der Waals surface area contributed by atoms with Gasteiger partial charge in [0, 0.05) is 6.04 Å². The molecule has 0 fully saturated rings. The van der Waals surface area contributed by atoms with E-state index in [2.05, 4.69) is 11.4 Å². The molecule has 0 aliphatic carbocycles. The molecule has 0 aromatic heterocycles. The summed E-state index contributed by atoms with van der Waals surface area (Å²) in [5, 5.41) is 11.0. The van der Waals surface area contributed by atoms with Crippen molar-refractivity contribution in [2.24, 2.45) is 0 Å². The molecule has 0 saturated heterocycles. The fraction of sp³-hybridized carbons (Fsp3) is 0.800. The lowest BCUT2D eigenvalue weighted by molar-refractivity contribution is 0.625. The molecule has 7 heavy (non-hydrogen) atoms. The average Bonchev–Trinajstić information content (AvgIpc) is 1.68. The lowest BCUT2D eigenvalue weighted by atomic mass is 10.3. The van der Waals surface area contributed by atoms with Crippen LogP contribution < -0.4 is 5.32 Å². The van der Waals surface area contributed by atoms with Crippen molar-refractivity contribution in [3.8, 4) is 6.07 Å². The number of hydrogen-bond donors (Lipinski definition) is 1. The van der Waals surface area contributed by atoms with Gasteiger partial charge in [-0.3, -0.25) is 0 Å². The normalized spacial score (nSPS) is 12.7. The molecule has 2 heteroatoms. The maximum Gasteiger partial charge on any atom is 0.0638 e. The summed E-state index contributed by atoms with van der Waals surface area (Å²) in [7, 11) is 1.85. The summed E-state index contributed by atoms with van der Waals surface area (Å²) in [4.78, 5) is 0. The predicted octanol–water partition coefficient (Wildman–Crippen LogP) is 0.508. The highest BCUT2D eigenvalue weighted by Gasteiger charge is 1.91. The summed E-state index contributed by atoms with van der Waals surface area (Å²) >= 11 is 0. The molecule has 0 aromatic carbocycles. The molecule has 0 bridgehead atoms. The Morgan fingerprint density at radius 2 is 2.43 bits per heavy atom. The zero-order valence-electron chi connectivity index (χ0n) is 4.73. The van der Waals surface area contributed by atoms with Crippen molar-refractivity contribution in [3.63, 3.8) is 0 Å². The molecular formula is C5H10N2. The Hall–Kier alpha value is -0.550. The van der Waals surface area contributed by atoms with Crippen LogP contribution in [0, 0.1) is 11.3 Å². The van der Waals surface area contributed by atoms with Crippen LogP contribution in [0.1, 0.15) is 13.3 Å². The predicted molar refractivity (Wildman–Crippen MR) is 28.8 cm³/mol. The molecule has 0 aromatic rings. The zero-order chi connectivity index (χ0) is 5.70. The second-order valence-corrected chi connectivity index (χ2v) is 1.55. The molecule has 1 atom stereocenters. The first-order valence-electron chi connectivity index (χ1n) is 2.35. The lowest BCUT2D eigenvalue weighted by Crippen LogP contribution is -2.19. The molecule has 0 heterocycles. The number of rotatable bonds is 2. The molecule has 0 aliphatic heterocycles. The van der Waals surface area contributed by atoms with Gasteiger partial charge >= 0.3 is 0 Å². The van der Waals surface area contributed by atoms with Crippen molar-refractivity contribution in [1.82, 2.24) is 5.32 Å². The van der Waals surface area contributed by atoms with Crippen molar-refractivity contribution < 1.29 is 0 Å². The van der Waals surface area contributed by atoms with Crippen LogP contribution in [-0.2, 0) is 0 Å². The van der Waals surface area contributed by atoms with Crippen molar-refractivity contribution in [2.45, 2.75) is 19.4 Å². The summed E-state index contributed by atoms with van der Waals surface area (Å²) in [6.07, 6.45) is 0.594. The van der Waals surface area contributed by atoms with Gasteiger partial charge in [0.1, 0.15) is 0 Å². The fourth-order valence-electron chi connectivity index (χ4n) is 0.239. The molecule has 1 N–H and O–H groups in total. The minimum atomic E-state index is 0.338. The van der Waals surface area contributed by atoms with Crippen molar-refractivity contribution in [1.29, 1.82) is 5.26 Å². The van der Waals surface area contributed by atoms with E-state index in [9.17, 15) is 0 Å². The maximum absolute atomic E-state index is 8.08. The summed E-state index contributed by atoms with van der Waals surface area (Å²) in [6.45, 7) is 1.98. The maximum atomic E-state index is 8.08. The highest BCUT2D eigenvalue weighted by Crippen LogP contribution is 1.82. The van der Waals surface area contributed by atoms with Gasteiger partial charge in [-0.15, -0.1) is 0 Å². The Kier molecular flexibility index (Phi) is 3.35. The van der Waals surface area contributed by atoms with Gasteiger partial charge in [-0.2, -0.15) is 5.26 Å². The van der Waals surface area contributed by atoms with Crippen molar-refractivity contribution in [3.05, 3.63) is 0 Å². The SMILES string of the molecule is CNC(C)CC#N. The van der Waals surface area contributed by atoms with Crippen LogP contribution in [0.15, 0.2) is 0 Å². The van der Waals surface area contributed by atoms with Crippen LogP contribution in [0.25, 0.3) is 0 Å². The van der Waals surface area contributed by atoms with Crippen LogP contribution in [0.2, 0.25) is 0 Å². The number of nitrogens with one attached hydrogen (secondary N) is 1. The van der Waals surface area contributed by atoms with Crippen LogP contribution in [0.3, 0.4) is 0 Å². The van der Waals surface area contributed by atoms with E-state index >= 15 is 0 Å². The first-order chi connectivity index (χ1) is 3.31. The second-order valence-electron chi connectivity index (χ2n) is 1.55. The monoisotopic (exact) mass is 98.1 g/mol. The Morgan fingerprint density at radius 1 is 1.86 bits per heavy atom. The van der Waals surface area contributed by atoms with E-state index in [0.29, 0.717) is 12.5 Å². The summed E-state index contributed by atoms with van der Waals surface area (Å²) < 4.78 is 0. The van der Waals surface area contributed by atoms with E-state index in [-0.39, 0.29) is 0 Å². The Labute approximate surface area is 44.1 Å². The standard InChI is InChI=1S/C5H10N2/c1-5(7-2)3-4-6/h5,7H,3H2,1-2H3. The third kappa shape index (κ3) is 3.28. The molecule has 0 radical (unpaired) electrons. The lowest BCUT2D eigenvalue weighted by Gasteiger charge is -2.00. The van der Waals surface area contributed by atoms with Crippen LogP contribution in [0.5, 0.6) is 0 Å². The highest BCUT2D eigenvalue weighted by molar-refractivity contribution is 4.75. The molecule has 1 unspecified atom stereocenters. The molecule has 0 saturated carbocycles. The molecule has 2 nitrogen and oxygen atoms in total. The number of nitrogens with zero attached hydrogens (tertiary/aromatic N) is 1. The van der Waals surface area contributed by atoms with Crippen molar-refractivity contribution in [2.75, 3.05) is 7.05 Å². The first kappa shape index (κ1) is 6.45. The van der Waals surface area contributed by atoms with E-state index in [1.54, 1.807) is 0 Å². The Balaban J connectivity index is 3.03. The van der Waals surface area contributed by atoms with E-state index in [4.69, 9.17) is 5.26 Å². The fourth-order valence-corrected chi connectivity index (χ4v) is 0.239. The summed E-state index contributed by atoms with van der Waals surface area (Å²) in [6, 6.07) is 2.39. The highest BCUT2D eigenvalue weighted by atomic mass is 14.8. The summed E-state index contributed by atoms with van der Waals surface area (Å²) in [5.41, 5.74) is 0. The third-order valence-electron chi connectivity index (χ3n) is 0.890. The topological polar surface area (TPSA) is 35.8 Å². The largest absolute Gasteiger partial charge is 0.316 e. The van der Waals surface area contributed by atoms with Crippen LogP contribution in [-0.4, -0.2) is 13.1 Å². The quantitative estimate of drug-likeness (QED) is 0.546.